The molecule has 0 aliphatic carbocycles. The van der Waals surface area contributed by atoms with Crippen molar-refractivity contribution in [3.05, 3.63) is 53.6 Å². The molecule has 31 heavy (non-hydrogen) atoms. The van der Waals surface area contributed by atoms with Crippen molar-refractivity contribution in [1.82, 2.24) is 4.72 Å². The largest absolute Gasteiger partial charge is 0.326 e. The Hall–Kier alpha value is -2.71. The number of hydrogen-bond donors (Lipinski definition) is 2. The van der Waals surface area contributed by atoms with Crippen LogP contribution in [0, 0.1) is 19.8 Å². The van der Waals surface area contributed by atoms with Gasteiger partial charge >= 0.3 is 0 Å². The molecular formula is C23H29N3O4S. The molecule has 0 bridgehead atoms. The van der Waals surface area contributed by atoms with Gasteiger partial charge in [-0.25, -0.2) is 13.1 Å². The lowest BCUT2D eigenvalue weighted by Gasteiger charge is -2.21. The molecule has 1 unspecified atom stereocenters. The van der Waals surface area contributed by atoms with Crippen LogP contribution in [0.15, 0.2) is 47.4 Å². The molecule has 1 aliphatic heterocycles. The zero-order valence-electron chi connectivity index (χ0n) is 18.5. The second-order valence-corrected chi connectivity index (χ2v) is 10.7. The maximum atomic E-state index is 12.8. The molecule has 2 amide bonds. The summed E-state index contributed by atoms with van der Waals surface area (Å²) in [5, 5.41) is 2.77. The summed E-state index contributed by atoms with van der Waals surface area (Å²) in [7, 11) is -3.72. The quantitative estimate of drug-likeness (QED) is 0.741. The summed E-state index contributed by atoms with van der Waals surface area (Å²) in [4.78, 5) is 27.1. The average molecular weight is 444 g/mol. The molecule has 2 aromatic carbocycles. The fourth-order valence-corrected chi connectivity index (χ4v) is 5.06. The van der Waals surface area contributed by atoms with Crippen LogP contribution in [0.3, 0.4) is 0 Å². The fourth-order valence-electron chi connectivity index (χ4n) is 3.59. The molecule has 1 saturated heterocycles. The predicted molar refractivity (Wildman–Crippen MR) is 122 cm³/mol. The van der Waals surface area contributed by atoms with Crippen LogP contribution in [0.5, 0.6) is 0 Å². The van der Waals surface area contributed by atoms with Crippen LogP contribution >= 0.6 is 0 Å². The first-order valence-electron chi connectivity index (χ1n) is 10.2. The molecule has 2 N–H and O–H groups in total. The van der Waals surface area contributed by atoms with Crippen molar-refractivity contribution in [1.29, 1.82) is 0 Å². The van der Waals surface area contributed by atoms with Crippen molar-refractivity contribution in [3.63, 3.8) is 0 Å². The lowest BCUT2D eigenvalue weighted by Crippen LogP contribution is -2.40. The third kappa shape index (κ3) is 5.32. The van der Waals surface area contributed by atoms with E-state index < -0.39 is 21.5 Å². The van der Waals surface area contributed by atoms with E-state index in [0.717, 1.165) is 16.8 Å². The van der Waals surface area contributed by atoms with Gasteiger partial charge in [0.25, 0.3) is 0 Å². The molecule has 0 saturated carbocycles. The molecule has 1 fully saturated rings. The van der Waals surface area contributed by atoms with Crippen LogP contribution in [0.2, 0.25) is 0 Å². The van der Waals surface area contributed by atoms with E-state index in [0.29, 0.717) is 12.2 Å². The minimum atomic E-state index is -3.72. The Kier molecular flexibility index (Phi) is 6.25. The summed E-state index contributed by atoms with van der Waals surface area (Å²) in [6.07, 6.45) is 0.114. The first-order chi connectivity index (χ1) is 14.4. The number of aryl methyl sites for hydroxylation is 1. The number of rotatable bonds is 5. The third-order valence-corrected chi connectivity index (χ3v) is 6.97. The van der Waals surface area contributed by atoms with E-state index in [1.165, 1.54) is 12.1 Å². The standard InChI is InChI=1S/C23H29N3O4S/c1-15-8-6-11-20(16(15)2)26-14-17(12-21(26)27)22(28)24-18-9-7-10-19(13-18)31(29,30)25-23(3,4)5/h6-11,13,17,25H,12,14H2,1-5H3,(H,24,28). The summed E-state index contributed by atoms with van der Waals surface area (Å²) in [6.45, 7) is 9.51. The number of hydrogen-bond acceptors (Lipinski definition) is 4. The number of amides is 2. The van der Waals surface area contributed by atoms with Gasteiger partial charge in [-0.1, -0.05) is 18.2 Å². The van der Waals surface area contributed by atoms with Gasteiger partial charge in [0.1, 0.15) is 0 Å². The fraction of sp³-hybridized carbons (Fsp3) is 0.391. The number of carbonyl (C=O) groups is 2. The summed E-state index contributed by atoms with van der Waals surface area (Å²) in [5.74, 6) is -0.917. The van der Waals surface area contributed by atoms with Gasteiger partial charge in [-0.05, 0) is 70.0 Å². The van der Waals surface area contributed by atoms with Gasteiger partial charge in [-0.15, -0.1) is 0 Å². The highest BCUT2D eigenvalue weighted by Crippen LogP contribution is 2.30. The first-order valence-corrected chi connectivity index (χ1v) is 11.7. The van der Waals surface area contributed by atoms with Crippen molar-refractivity contribution in [2.24, 2.45) is 5.92 Å². The minimum Gasteiger partial charge on any atom is -0.326 e. The van der Waals surface area contributed by atoms with Crippen LogP contribution in [0.1, 0.15) is 38.3 Å². The SMILES string of the molecule is Cc1cccc(N2CC(C(=O)Nc3cccc(S(=O)(=O)NC(C)(C)C)c3)CC2=O)c1C. The molecular weight excluding hydrogens is 414 g/mol. The maximum Gasteiger partial charge on any atom is 0.241 e. The zero-order chi connectivity index (χ0) is 23.0. The van der Waals surface area contributed by atoms with Crippen molar-refractivity contribution >= 4 is 33.2 Å². The van der Waals surface area contributed by atoms with E-state index in [9.17, 15) is 18.0 Å². The molecule has 166 valence electrons. The van der Waals surface area contributed by atoms with Crippen molar-refractivity contribution in [2.45, 2.75) is 51.5 Å². The van der Waals surface area contributed by atoms with E-state index >= 15 is 0 Å². The summed E-state index contributed by atoms with van der Waals surface area (Å²) in [6, 6.07) is 11.9. The molecule has 0 radical (unpaired) electrons. The molecule has 0 aromatic heterocycles. The van der Waals surface area contributed by atoms with Crippen molar-refractivity contribution in [3.8, 4) is 0 Å². The van der Waals surface area contributed by atoms with E-state index in [1.807, 2.05) is 32.0 Å². The highest BCUT2D eigenvalue weighted by Gasteiger charge is 2.36. The van der Waals surface area contributed by atoms with E-state index in [4.69, 9.17) is 0 Å². The molecule has 1 atom stereocenters. The van der Waals surface area contributed by atoms with Crippen LogP contribution in [-0.4, -0.2) is 32.3 Å². The molecule has 7 nitrogen and oxygen atoms in total. The second-order valence-electron chi connectivity index (χ2n) is 9.00. The van der Waals surface area contributed by atoms with Crippen LogP contribution in [-0.2, 0) is 19.6 Å². The molecule has 1 aliphatic rings. The van der Waals surface area contributed by atoms with E-state index in [-0.39, 0.29) is 23.1 Å². The summed E-state index contributed by atoms with van der Waals surface area (Å²) < 4.78 is 27.7. The Bertz CT molecular complexity index is 1120. The van der Waals surface area contributed by atoms with Gasteiger partial charge in [0.05, 0.1) is 10.8 Å². The second kappa shape index (κ2) is 8.43. The number of sulfonamides is 1. The lowest BCUT2D eigenvalue weighted by atomic mass is 10.1. The maximum absolute atomic E-state index is 12.8. The Morgan fingerprint density at radius 3 is 2.45 bits per heavy atom. The average Bonchev–Trinajstić information content (AvgIpc) is 3.04. The van der Waals surface area contributed by atoms with Gasteiger partial charge in [0.15, 0.2) is 0 Å². The molecule has 0 spiro atoms. The Labute approximate surface area is 183 Å². The van der Waals surface area contributed by atoms with Gasteiger partial charge in [0, 0.05) is 29.9 Å². The number of anilines is 2. The molecule has 8 heteroatoms. The van der Waals surface area contributed by atoms with Crippen LogP contribution in [0.25, 0.3) is 0 Å². The van der Waals surface area contributed by atoms with E-state index in [2.05, 4.69) is 10.0 Å². The Morgan fingerprint density at radius 1 is 1.10 bits per heavy atom. The number of carbonyl (C=O) groups excluding carboxylic acids is 2. The monoisotopic (exact) mass is 443 g/mol. The number of nitrogens with zero attached hydrogens (tertiary/aromatic N) is 1. The number of benzene rings is 2. The Balaban J connectivity index is 1.74. The van der Waals surface area contributed by atoms with Gasteiger partial charge in [-0.2, -0.15) is 0 Å². The van der Waals surface area contributed by atoms with Crippen LogP contribution < -0.4 is 14.9 Å². The zero-order valence-corrected chi connectivity index (χ0v) is 19.3. The summed E-state index contributed by atoms with van der Waals surface area (Å²) in [5.41, 5.74) is 2.67. The van der Waals surface area contributed by atoms with Gasteiger partial charge < -0.3 is 10.2 Å². The van der Waals surface area contributed by atoms with Crippen molar-refractivity contribution in [2.75, 3.05) is 16.8 Å². The normalized spacial score (nSPS) is 17.1. The molecule has 3 rings (SSSR count). The van der Waals surface area contributed by atoms with Crippen LogP contribution in [0.4, 0.5) is 11.4 Å². The molecule has 1 heterocycles. The first kappa shape index (κ1) is 23.0. The molecule has 2 aromatic rings. The minimum absolute atomic E-state index is 0.0692. The van der Waals surface area contributed by atoms with Crippen molar-refractivity contribution < 1.29 is 18.0 Å². The van der Waals surface area contributed by atoms with E-state index in [1.54, 1.807) is 37.8 Å². The predicted octanol–water partition coefficient (Wildman–Crippen LogP) is 3.37. The number of nitrogens with one attached hydrogen (secondary N) is 2. The van der Waals surface area contributed by atoms with Gasteiger partial charge in [-0.3, -0.25) is 9.59 Å². The van der Waals surface area contributed by atoms with Gasteiger partial charge in [0.2, 0.25) is 21.8 Å². The highest BCUT2D eigenvalue weighted by molar-refractivity contribution is 7.89. The topological polar surface area (TPSA) is 95.6 Å². The lowest BCUT2D eigenvalue weighted by molar-refractivity contribution is -0.122. The summed E-state index contributed by atoms with van der Waals surface area (Å²) >= 11 is 0. The Morgan fingerprint density at radius 2 is 1.77 bits per heavy atom. The smallest absolute Gasteiger partial charge is 0.241 e. The third-order valence-electron chi connectivity index (χ3n) is 5.22. The highest BCUT2D eigenvalue weighted by atomic mass is 32.2.